The number of piperazine rings is 1. The van der Waals surface area contributed by atoms with Crippen LogP contribution in [0.4, 0.5) is 0 Å². The molecule has 0 aromatic carbocycles. The first-order valence-corrected chi connectivity index (χ1v) is 5.44. The van der Waals surface area contributed by atoms with Crippen LogP contribution in [0.1, 0.15) is 20.3 Å². The highest BCUT2D eigenvalue weighted by Gasteiger charge is 2.35. The van der Waals surface area contributed by atoms with Crippen molar-refractivity contribution in [3.63, 3.8) is 0 Å². The highest BCUT2D eigenvalue weighted by Crippen LogP contribution is 2.23. The molecule has 1 aliphatic heterocycles. The Morgan fingerprint density at radius 3 is 2.80 bits per heavy atom. The van der Waals surface area contributed by atoms with Crippen LogP contribution in [0.3, 0.4) is 0 Å². The van der Waals surface area contributed by atoms with Crippen LogP contribution in [-0.4, -0.2) is 48.1 Å². The van der Waals surface area contributed by atoms with Gasteiger partial charge in [0, 0.05) is 31.2 Å². The van der Waals surface area contributed by atoms with Gasteiger partial charge in [0.05, 0.1) is 12.5 Å². The van der Waals surface area contributed by atoms with Gasteiger partial charge in [0.15, 0.2) is 0 Å². The van der Waals surface area contributed by atoms with Crippen LogP contribution in [0.5, 0.6) is 0 Å². The molecule has 0 amide bonds. The van der Waals surface area contributed by atoms with Gasteiger partial charge in [-0.3, -0.25) is 9.80 Å². The number of nitriles is 1. The fraction of sp³-hybridized carbons (Fsp3) is 0.750. The summed E-state index contributed by atoms with van der Waals surface area (Å²) >= 11 is 0. The molecule has 1 unspecified atom stereocenters. The van der Waals surface area contributed by atoms with Crippen LogP contribution >= 0.6 is 0 Å². The lowest BCUT2D eigenvalue weighted by Gasteiger charge is -2.49. The van der Waals surface area contributed by atoms with Gasteiger partial charge in [0.25, 0.3) is 0 Å². The highest BCUT2D eigenvalue weighted by atomic mass is 15.3. The van der Waals surface area contributed by atoms with Crippen molar-refractivity contribution in [1.29, 1.82) is 5.26 Å². The average Bonchev–Trinajstić information content (AvgIpc) is 2.14. The third kappa shape index (κ3) is 2.80. The molecule has 0 aromatic rings. The highest BCUT2D eigenvalue weighted by molar-refractivity contribution is 4.97. The monoisotopic (exact) mass is 207 g/mol. The summed E-state index contributed by atoms with van der Waals surface area (Å²) in [5.74, 6) is 0. The van der Waals surface area contributed by atoms with Crippen molar-refractivity contribution >= 4 is 0 Å². The Bertz CT molecular complexity index is 265. The van der Waals surface area contributed by atoms with Crippen molar-refractivity contribution in [3.05, 3.63) is 12.7 Å². The third-order valence-corrected chi connectivity index (χ3v) is 3.31. The number of hydrogen-bond acceptors (Lipinski definition) is 3. The molecular weight excluding hydrogens is 186 g/mol. The van der Waals surface area contributed by atoms with Crippen molar-refractivity contribution in [2.45, 2.75) is 31.8 Å². The Labute approximate surface area is 93.0 Å². The molecule has 0 radical (unpaired) electrons. The minimum absolute atomic E-state index is 0.189. The van der Waals surface area contributed by atoms with E-state index in [9.17, 15) is 0 Å². The van der Waals surface area contributed by atoms with E-state index < -0.39 is 0 Å². The fourth-order valence-electron chi connectivity index (χ4n) is 2.10. The van der Waals surface area contributed by atoms with E-state index in [1.54, 1.807) is 0 Å². The van der Waals surface area contributed by atoms with E-state index in [0.717, 1.165) is 19.6 Å². The van der Waals surface area contributed by atoms with Crippen LogP contribution in [0.15, 0.2) is 12.7 Å². The molecule has 1 atom stereocenters. The summed E-state index contributed by atoms with van der Waals surface area (Å²) in [4.78, 5) is 4.70. The first kappa shape index (κ1) is 12.2. The molecule has 0 aliphatic carbocycles. The predicted molar refractivity (Wildman–Crippen MR) is 62.5 cm³/mol. The molecular formula is C12H21N3. The van der Waals surface area contributed by atoms with Gasteiger partial charge in [-0.05, 0) is 20.9 Å². The normalized spacial score (nSPS) is 27.2. The fourth-order valence-corrected chi connectivity index (χ4v) is 2.10. The maximum absolute atomic E-state index is 8.80. The van der Waals surface area contributed by atoms with Crippen LogP contribution in [0.25, 0.3) is 0 Å². The van der Waals surface area contributed by atoms with E-state index in [1.165, 1.54) is 0 Å². The average molecular weight is 207 g/mol. The third-order valence-electron chi connectivity index (χ3n) is 3.31. The Balaban J connectivity index is 2.72. The Kier molecular flexibility index (Phi) is 3.90. The molecule has 0 bridgehead atoms. The smallest absolute Gasteiger partial charge is 0.0638 e. The number of nitrogens with zero attached hydrogens (tertiary/aromatic N) is 3. The second kappa shape index (κ2) is 4.78. The van der Waals surface area contributed by atoms with Gasteiger partial charge < -0.3 is 0 Å². The van der Waals surface area contributed by atoms with Gasteiger partial charge in [-0.25, -0.2) is 0 Å². The summed E-state index contributed by atoms with van der Waals surface area (Å²) in [5, 5.41) is 8.80. The molecule has 1 saturated heterocycles. The standard InChI is InChI=1S/C12H21N3/c1-5-8-15-10-12(2,3)14(4)9-11(15)6-7-13/h5,11H,1,6,8-10H2,2-4H3. The molecule has 3 nitrogen and oxygen atoms in total. The van der Waals surface area contributed by atoms with Crippen molar-refractivity contribution in [2.75, 3.05) is 26.7 Å². The largest absolute Gasteiger partial charge is 0.298 e. The van der Waals surface area contributed by atoms with E-state index in [2.05, 4.69) is 43.3 Å². The maximum atomic E-state index is 8.80. The minimum atomic E-state index is 0.189. The number of likely N-dealkylation sites (N-methyl/N-ethyl adjacent to an activating group) is 1. The van der Waals surface area contributed by atoms with E-state index in [4.69, 9.17) is 5.26 Å². The van der Waals surface area contributed by atoms with Gasteiger partial charge in [0.1, 0.15) is 0 Å². The SMILES string of the molecule is C=CCN1CC(C)(C)N(C)CC1CC#N. The zero-order valence-corrected chi connectivity index (χ0v) is 10.0. The van der Waals surface area contributed by atoms with E-state index >= 15 is 0 Å². The molecule has 3 heteroatoms. The molecule has 1 fully saturated rings. The van der Waals surface area contributed by atoms with E-state index in [-0.39, 0.29) is 5.54 Å². The number of hydrogen-bond donors (Lipinski definition) is 0. The molecule has 0 saturated carbocycles. The summed E-state index contributed by atoms with van der Waals surface area (Å²) in [6, 6.07) is 2.62. The van der Waals surface area contributed by atoms with Crippen molar-refractivity contribution in [3.8, 4) is 6.07 Å². The van der Waals surface area contributed by atoms with Crippen LogP contribution in [-0.2, 0) is 0 Å². The lowest BCUT2D eigenvalue weighted by Crippen LogP contribution is -2.61. The van der Waals surface area contributed by atoms with E-state index in [1.807, 2.05) is 6.08 Å². The second-order valence-electron chi connectivity index (χ2n) is 4.93. The van der Waals surface area contributed by atoms with Gasteiger partial charge in [-0.15, -0.1) is 6.58 Å². The zero-order chi connectivity index (χ0) is 11.5. The van der Waals surface area contributed by atoms with Gasteiger partial charge >= 0.3 is 0 Å². The first-order chi connectivity index (χ1) is 7.01. The van der Waals surface area contributed by atoms with Gasteiger partial charge in [-0.2, -0.15) is 5.26 Å². The molecule has 1 heterocycles. The molecule has 1 rings (SSSR count). The molecule has 1 aliphatic rings. The van der Waals surface area contributed by atoms with E-state index in [0.29, 0.717) is 12.5 Å². The summed E-state index contributed by atoms with van der Waals surface area (Å²) in [5.41, 5.74) is 0.189. The lowest BCUT2D eigenvalue weighted by atomic mass is 9.95. The quantitative estimate of drug-likeness (QED) is 0.657. The predicted octanol–water partition coefficient (Wildman–Crippen LogP) is 1.48. The topological polar surface area (TPSA) is 30.3 Å². The maximum Gasteiger partial charge on any atom is 0.0638 e. The Morgan fingerprint density at radius 1 is 1.60 bits per heavy atom. The molecule has 0 aromatic heterocycles. The number of rotatable bonds is 3. The summed E-state index contributed by atoms with van der Waals surface area (Å²) < 4.78 is 0. The Hall–Kier alpha value is -0.850. The van der Waals surface area contributed by atoms with Crippen molar-refractivity contribution in [1.82, 2.24) is 9.80 Å². The molecule has 0 N–H and O–H groups in total. The first-order valence-electron chi connectivity index (χ1n) is 5.44. The van der Waals surface area contributed by atoms with Gasteiger partial charge in [0.2, 0.25) is 0 Å². The minimum Gasteiger partial charge on any atom is -0.298 e. The summed E-state index contributed by atoms with van der Waals surface area (Å²) in [6.07, 6.45) is 2.53. The molecule has 0 spiro atoms. The van der Waals surface area contributed by atoms with Gasteiger partial charge in [-0.1, -0.05) is 6.08 Å². The summed E-state index contributed by atoms with van der Waals surface area (Å²) in [6.45, 7) is 11.1. The molecule has 15 heavy (non-hydrogen) atoms. The Morgan fingerprint density at radius 2 is 2.27 bits per heavy atom. The van der Waals surface area contributed by atoms with Crippen LogP contribution < -0.4 is 0 Å². The lowest BCUT2D eigenvalue weighted by molar-refractivity contribution is 0.00690. The second-order valence-corrected chi connectivity index (χ2v) is 4.93. The zero-order valence-electron chi connectivity index (χ0n) is 10.0. The molecule has 84 valence electrons. The van der Waals surface area contributed by atoms with Crippen molar-refractivity contribution in [2.24, 2.45) is 0 Å². The van der Waals surface area contributed by atoms with Crippen LogP contribution in [0, 0.1) is 11.3 Å². The van der Waals surface area contributed by atoms with Crippen LogP contribution in [0.2, 0.25) is 0 Å². The van der Waals surface area contributed by atoms with Crippen molar-refractivity contribution < 1.29 is 0 Å². The summed E-state index contributed by atoms with van der Waals surface area (Å²) in [7, 11) is 2.13.